The number of nitrogens with zero attached hydrogens (tertiary/aromatic N) is 2. The van der Waals surface area contributed by atoms with Crippen LogP contribution in [0.3, 0.4) is 0 Å². The summed E-state index contributed by atoms with van der Waals surface area (Å²) in [6.07, 6.45) is -3.72. The smallest absolute Gasteiger partial charge is 0.370 e. The molecule has 4 nitrogen and oxygen atoms in total. The van der Waals surface area contributed by atoms with Crippen molar-refractivity contribution >= 4 is 11.6 Å². The second-order valence-electron chi connectivity index (χ2n) is 5.73. The molecule has 0 bridgehead atoms. The van der Waals surface area contributed by atoms with Crippen molar-refractivity contribution in [1.82, 2.24) is 9.97 Å². The first-order chi connectivity index (χ1) is 9.12. The van der Waals surface area contributed by atoms with E-state index in [1.807, 2.05) is 0 Å². The van der Waals surface area contributed by atoms with Gasteiger partial charge in [-0.25, -0.2) is 9.97 Å². The van der Waals surface area contributed by atoms with Gasteiger partial charge in [-0.2, -0.15) is 13.2 Å². The van der Waals surface area contributed by atoms with E-state index >= 15 is 0 Å². The van der Waals surface area contributed by atoms with Crippen LogP contribution in [0.1, 0.15) is 39.9 Å². The molecule has 0 unspecified atom stereocenters. The zero-order chi connectivity index (χ0) is 15.4. The number of nitrogens with one attached hydrogen (secondary N) is 2. The van der Waals surface area contributed by atoms with Crippen LogP contribution in [0.15, 0.2) is 6.07 Å². The number of hydrogen-bond acceptors (Lipinski definition) is 4. The largest absolute Gasteiger partial charge is 0.451 e. The summed E-state index contributed by atoms with van der Waals surface area (Å²) in [5, 5.41) is 5.70. The number of aromatic nitrogens is 2. The van der Waals surface area contributed by atoms with E-state index in [-0.39, 0.29) is 17.1 Å². The lowest BCUT2D eigenvalue weighted by atomic mass is 9.92. The van der Waals surface area contributed by atoms with Crippen molar-refractivity contribution in [1.29, 1.82) is 0 Å². The Bertz CT molecular complexity index is 438. The van der Waals surface area contributed by atoms with E-state index in [9.17, 15) is 13.2 Å². The Kier molecular flexibility index (Phi) is 5.19. The third-order valence-electron chi connectivity index (χ3n) is 2.52. The van der Waals surface area contributed by atoms with Crippen molar-refractivity contribution < 1.29 is 13.2 Å². The van der Waals surface area contributed by atoms with Crippen LogP contribution in [-0.4, -0.2) is 23.1 Å². The van der Waals surface area contributed by atoms with E-state index in [0.29, 0.717) is 13.1 Å². The van der Waals surface area contributed by atoms with Gasteiger partial charge in [0.25, 0.3) is 0 Å². The highest BCUT2D eigenvalue weighted by Crippen LogP contribution is 2.28. The molecule has 20 heavy (non-hydrogen) atoms. The number of alkyl halides is 3. The Morgan fingerprint density at radius 1 is 1.05 bits per heavy atom. The lowest BCUT2D eigenvalue weighted by molar-refractivity contribution is -0.144. The molecule has 1 aromatic heterocycles. The first kappa shape index (κ1) is 16.5. The van der Waals surface area contributed by atoms with Gasteiger partial charge in [-0.3, -0.25) is 0 Å². The standard InChI is InChI=1S/C13H21F3N4/c1-5-17-9-8-10(18-7-6-12(2,3)4)20-11(19-9)13(14,15)16/h8H,5-7H2,1-4H3,(H2,17,18,19,20). The molecule has 1 rings (SSSR count). The minimum absolute atomic E-state index is 0.109. The first-order valence-corrected chi connectivity index (χ1v) is 6.56. The molecule has 0 aliphatic heterocycles. The van der Waals surface area contributed by atoms with Gasteiger partial charge in [0, 0.05) is 19.2 Å². The number of halogens is 3. The summed E-state index contributed by atoms with van der Waals surface area (Å²) in [7, 11) is 0. The average molecular weight is 290 g/mol. The normalized spacial score (nSPS) is 12.3. The molecular weight excluding hydrogens is 269 g/mol. The van der Waals surface area contributed by atoms with Crippen LogP contribution in [0.5, 0.6) is 0 Å². The van der Waals surface area contributed by atoms with Crippen molar-refractivity contribution in [2.75, 3.05) is 23.7 Å². The number of anilines is 2. The Morgan fingerprint density at radius 2 is 1.60 bits per heavy atom. The van der Waals surface area contributed by atoms with E-state index in [1.54, 1.807) is 6.92 Å². The fraction of sp³-hybridized carbons (Fsp3) is 0.692. The van der Waals surface area contributed by atoms with Crippen LogP contribution in [0.2, 0.25) is 0 Å². The number of hydrogen-bond donors (Lipinski definition) is 2. The molecule has 0 aliphatic carbocycles. The average Bonchev–Trinajstić information content (AvgIpc) is 2.26. The Labute approximate surface area is 117 Å². The van der Waals surface area contributed by atoms with Crippen molar-refractivity contribution in [3.63, 3.8) is 0 Å². The zero-order valence-electron chi connectivity index (χ0n) is 12.2. The van der Waals surface area contributed by atoms with Crippen molar-refractivity contribution in [3.8, 4) is 0 Å². The molecule has 0 radical (unpaired) electrons. The van der Waals surface area contributed by atoms with Crippen LogP contribution in [0.25, 0.3) is 0 Å². The monoisotopic (exact) mass is 290 g/mol. The van der Waals surface area contributed by atoms with Gasteiger partial charge in [-0.05, 0) is 18.8 Å². The Morgan fingerprint density at radius 3 is 2.05 bits per heavy atom. The first-order valence-electron chi connectivity index (χ1n) is 6.56. The molecule has 0 atom stereocenters. The molecule has 0 amide bonds. The van der Waals surface area contributed by atoms with Gasteiger partial charge in [-0.1, -0.05) is 20.8 Å². The van der Waals surface area contributed by atoms with E-state index < -0.39 is 12.0 Å². The maximum absolute atomic E-state index is 12.7. The van der Waals surface area contributed by atoms with Crippen LogP contribution < -0.4 is 10.6 Å². The molecule has 114 valence electrons. The van der Waals surface area contributed by atoms with Gasteiger partial charge in [0.2, 0.25) is 5.82 Å². The summed E-state index contributed by atoms with van der Waals surface area (Å²) >= 11 is 0. The molecule has 1 aromatic rings. The summed E-state index contributed by atoms with van der Waals surface area (Å²) in [6, 6.07) is 1.49. The summed E-state index contributed by atoms with van der Waals surface area (Å²) in [5.41, 5.74) is 0.109. The molecule has 0 spiro atoms. The van der Waals surface area contributed by atoms with Gasteiger partial charge in [0.15, 0.2) is 0 Å². The quantitative estimate of drug-likeness (QED) is 0.866. The van der Waals surface area contributed by atoms with Gasteiger partial charge in [0.05, 0.1) is 0 Å². The maximum Gasteiger partial charge on any atom is 0.451 e. The van der Waals surface area contributed by atoms with Crippen molar-refractivity contribution in [3.05, 3.63) is 11.9 Å². The topological polar surface area (TPSA) is 49.8 Å². The molecular formula is C13H21F3N4. The predicted octanol–water partition coefficient (Wildman–Crippen LogP) is 3.78. The van der Waals surface area contributed by atoms with Crippen LogP contribution >= 0.6 is 0 Å². The summed E-state index contributed by atoms with van der Waals surface area (Å²) in [5.74, 6) is -0.769. The van der Waals surface area contributed by atoms with Crippen molar-refractivity contribution in [2.45, 2.75) is 40.3 Å². The van der Waals surface area contributed by atoms with E-state index in [0.717, 1.165) is 6.42 Å². The summed E-state index contributed by atoms with van der Waals surface area (Å²) in [6.45, 7) is 9.06. The van der Waals surface area contributed by atoms with Crippen LogP contribution in [0.4, 0.5) is 24.8 Å². The maximum atomic E-state index is 12.7. The molecule has 7 heteroatoms. The third-order valence-corrected chi connectivity index (χ3v) is 2.52. The van der Waals surface area contributed by atoms with Crippen LogP contribution in [0, 0.1) is 5.41 Å². The lowest BCUT2D eigenvalue weighted by Crippen LogP contribution is -2.17. The van der Waals surface area contributed by atoms with Gasteiger partial charge in [-0.15, -0.1) is 0 Å². The third kappa shape index (κ3) is 5.63. The summed E-state index contributed by atoms with van der Waals surface area (Å²) in [4.78, 5) is 6.98. The molecule has 0 saturated carbocycles. The molecule has 1 heterocycles. The lowest BCUT2D eigenvalue weighted by Gasteiger charge is -2.18. The predicted molar refractivity (Wildman–Crippen MR) is 73.8 cm³/mol. The minimum atomic E-state index is -4.55. The Hall–Kier alpha value is -1.53. The molecule has 0 aromatic carbocycles. The highest BCUT2D eigenvalue weighted by molar-refractivity contribution is 5.47. The van der Waals surface area contributed by atoms with Crippen molar-refractivity contribution in [2.24, 2.45) is 5.41 Å². The van der Waals surface area contributed by atoms with Gasteiger partial charge in [0.1, 0.15) is 11.6 Å². The fourth-order valence-corrected chi connectivity index (χ4v) is 1.50. The zero-order valence-corrected chi connectivity index (χ0v) is 12.2. The molecule has 0 fully saturated rings. The Balaban J connectivity index is 2.86. The van der Waals surface area contributed by atoms with Gasteiger partial charge < -0.3 is 10.6 Å². The second kappa shape index (κ2) is 6.28. The van der Waals surface area contributed by atoms with Gasteiger partial charge >= 0.3 is 6.18 Å². The SMILES string of the molecule is CCNc1cc(NCCC(C)(C)C)nc(C(F)(F)F)n1. The molecule has 0 aliphatic rings. The van der Waals surface area contributed by atoms with Crippen LogP contribution in [-0.2, 0) is 6.18 Å². The highest BCUT2D eigenvalue weighted by atomic mass is 19.4. The minimum Gasteiger partial charge on any atom is -0.370 e. The molecule has 2 N–H and O–H groups in total. The van der Waals surface area contributed by atoms with E-state index in [1.165, 1.54) is 6.07 Å². The molecule has 0 saturated heterocycles. The van der Waals surface area contributed by atoms with E-state index in [4.69, 9.17) is 0 Å². The summed E-state index contributed by atoms with van der Waals surface area (Å²) < 4.78 is 38.2. The fourth-order valence-electron chi connectivity index (χ4n) is 1.50. The van der Waals surface area contributed by atoms with E-state index in [2.05, 4.69) is 41.4 Å². The second-order valence-corrected chi connectivity index (χ2v) is 5.73. The highest BCUT2D eigenvalue weighted by Gasteiger charge is 2.35. The number of rotatable bonds is 5.